The molecule has 0 aromatic heterocycles. The van der Waals surface area contributed by atoms with Crippen LogP contribution in [0.1, 0.15) is 37.8 Å². The fraction of sp³-hybridized carbons (Fsp3) is 0.529. The van der Waals surface area contributed by atoms with Gasteiger partial charge in [0.15, 0.2) is 0 Å². The average Bonchev–Trinajstić information content (AvgIpc) is 2.45. The third-order valence-corrected chi connectivity index (χ3v) is 3.49. The van der Waals surface area contributed by atoms with Gasteiger partial charge in [0, 0.05) is 23.7 Å². The molecule has 0 fully saturated rings. The molecule has 0 aliphatic heterocycles. The lowest BCUT2D eigenvalue weighted by Gasteiger charge is -2.25. The summed E-state index contributed by atoms with van der Waals surface area (Å²) in [6.45, 7) is 5.72. The minimum atomic E-state index is 0.384. The molecule has 110 valence electrons. The number of methoxy groups -OCH3 is 1. The maximum absolute atomic E-state index is 5.45. The number of ether oxygens (including phenoxy) is 1. The lowest BCUT2D eigenvalue weighted by atomic mass is 10.1. The van der Waals surface area contributed by atoms with Gasteiger partial charge in [0.05, 0.1) is 13.7 Å². The van der Waals surface area contributed by atoms with E-state index in [0.29, 0.717) is 12.6 Å². The molecule has 1 atom stereocenters. The standard InChI is InChI=1S/C17H26N2O/c1-5-7-14(2)19(3)13-16-12-15(8-6-11-18)9-10-17(16)20-4/h9-10,12,14H,5,7,11,13,18H2,1-4H3. The van der Waals surface area contributed by atoms with Crippen LogP contribution in [0.2, 0.25) is 0 Å². The van der Waals surface area contributed by atoms with Crippen LogP contribution in [0, 0.1) is 11.8 Å². The van der Waals surface area contributed by atoms with Crippen LogP contribution in [0.3, 0.4) is 0 Å². The van der Waals surface area contributed by atoms with Crippen molar-refractivity contribution in [2.45, 2.75) is 39.3 Å². The fourth-order valence-corrected chi connectivity index (χ4v) is 2.20. The molecule has 20 heavy (non-hydrogen) atoms. The Morgan fingerprint density at radius 2 is 2.15 bits per heavy atom. The van der Waals surface area contributed by atoms with Crippen molar-refractivity contribution in [1.82, 2.24) is 4.90 Å². The van der Waals surface area contributed by atoms with Crippen molar-refractivity contribution < 1.29 is 4.74 Å². The highest BCUT2D eigenvalue weighted by Gasteiger charge is 2.12. The molecular formula is C17H26N2O. The minimum absolute atomic E-state index is 0.384. The molecule has 0 heterocycles. The lowest BCUT2D eigenvalue weighted by molar-refractivity contribution is 0.233. The Kier molecular flexibility index (Phi) is 7.14. The Morgan fingerprint density at radius 3 is 2.75 bits per heavy atom. The van der Waals surface area contributed by atoms with Crippen LogP contribution in [0.15, 0.2) is 18.2 Å². The van der Waals surface area contributed by atoms with Gasteiger partial charge < -0.3 is 10.5 Å². The Hall–Kier alpha value is -1.50. The average molecular weight is 274 g/mol. The number of rotatable bonds is 6. The van der Waals surface area contributed by atoms with Gasteiger partial charge in [0.25, 0.3) is 0 Å². The van der Waals surface area contributed by atoms with Crippen LogP contribution in [0.5, 0.6) is 5.75 Å². The first-order valence-corrected chi connectivity index (χ1v) is 7.18. The maximum Gasteiger partial charge on any atom is 0.123 e. The van der Waals surface area contributed by atoms with E-state index < -0.39 is 0 Å². The van der Waals surface area contributed by atoms with Gasteiger partial charge in [-0.15, -0.1) is 0 Å². The normalized spacial score (nSPS) is 11.9. The summed E-state index contributed by atoms with van der Waals surface area (Å²) >= 11 is 0. The summed E-state index contributed by atoms with van der Waals surface area (Å²) in [5.74, 6) is 6.88. The maximum atomic E-state index is 5.45. The Labute approximate surface area is 123 Å². The zero-order valence-corrected chi connectivity index (χ0v) is 13.1. The van der Waals surface area contributed by atoms with E-state index in [1.54, 1.807) is 7.11 Å². The van der Waals surface area contributed by atoms with Crippen LogP contribution in [0.25, 0.3) is 0 Å². The molecule has 1 aromatic rings. The quantitative estimate of drug-likeness (QED) is 0.810. The van der Waals surface area contributed by atoms with Gasteiger partial charge in [-0.3, -0.25) is 4.90 Å². The third kappa shape index (κ3) is 4.88. The third-order valence-electron chi connectivity index (χ3n) is 3.49. The van der Waals surface area contributed by atoms with E-state index in [1.165, 1.54) is 18.4 Å². The van der Waals surface area contributed by atoms with Gasteiger partial charge in [-0.2, -0.15) is 0 Å². The highest BCUT2D eigenvalue weighted by molar-refractivity contribution is 5.44. The molecule has 0 bridgehead atoms. The smallest absolute Gasteiger partial charge is 0.123 e. The molecule has 0 saturated carbocycles. The summed E-state index contributed by atoms with van der Waals surface area (Å²) in [6.07, 6.45) is 2.40. The topological polar surface area (TPSA) is 38.5 Å². The predicted octanol–water partition coefficient (Wildman–Crippen LogP) is 2.63. The minimum Gasteiger partial charge on any atom is -0.496 e. The van der Waals surface area contributed by atoms with Gasteiger partial charge in [-0.25, -0.2) is 0 Å². The van der Waals surface area contributed by atoms with Gasteiger partial charge >= 0.3 is 0 Å². The molecule has 0 radical (unpaired) electrons. The summed E-state index contributed by atoms with van der Waals surface area (Å²) in [5.41, 5.74) is 7.57. The van der Waals surface area contributed by atoms with Crippen LogP contribution < -0.4 is 10.5 Å². The number of nitrogens with zero attached hydrogens (tertiary/aromatic N) is 1. The molecule has 2 N–H and O–H groups in total. The van der Waals surface area contributed by atoms with E-state index in [0.717, 1.165) is 17.9 Å². The molecular weight excluding hydrogens is 248 g/mol. The van der Waals surface area contributed by atoms with Crippen molar-refractivity contribution in [3.63, 3.8) is 0 Å². The van der Waals surface area contributed by atoms with Crippen LogP contribution in [-0.4, -0.2) is 31.6 Å². The number of benzene rings is 1. The summed E-state index contributed by atoms with van der Waals surface area (Å²) in [4.78, 5) is 2.35. The highest BCUT2D eigenvalue weighted by atomic mass is 16.5. The van der Waals surface area contributed by atoms with Crippen LogP contribution in [-0.2, 0) is 6.54 Å². The number of hydrogen-bond acceptors (Lipinski definition) is 3. The van der Waals surface area contributed by atoms with E-state index >= 15 is 0 Å². The van der Waals surface area contributed by atoms with E-state index in [2.05, 4.69) is 43.7 Å². The zero-order chi connectivity index (χ0) is 15.0. The van der Waals surface area contributed by atoms with Gasteiger partial charge in [-0.05, 0) is 38.6 Å². The Morgan fingerprint density at radius 1 is 1.40 bits per heavy atom. The van der Waals surface area contributed by atoms with Gasteiger partial charge in [-0.1, -0.05) is 25.2 Å². The molecule has 3 heteroatoms. The second-order valence-electron chi connectivity index (χ2n) is 5.09. The molecule has 0 amide bonds. The molecule has 3 nitrogen and oxygen atoms in total. The van der Waals surface area contributed by atoms with E-state index in [1.807, 2.05) is 12.1 Å². The first-order chi connectivity index (χ1) is 9.62. The number of hydrogen-bond donors (Lipinski definition) is 1. The fourth-order valence-electron chi connectivity index (χ4n) is 2.20. The van der Waals surface area contributed by atoms with Gasteiger partial charge in [0.2, 0.25) is 0 Å². The summed E-state index contributed by atoms with van der Waals surface area (Å²) < 4.78 is 5.45. The molecule has 0 spiro atoms. The Bertz CT molecular complexity index is 474. The molecule has 1 unspecified atom stereocenters. The summed E-state index contributed by atoms with van der Waals surface area (Å²) in [7, 11) is 3.86. The zero-order valence-electron chi connectivity index (χ0n) is 13.1. The van der Waals surface area contributed by atoms with E-state index in [4.69, 9.17) is 10.5 Å². The second-order valence-corrected chi connectivity index (χ2v) is 5.09. The first kappa shape index (κ1) is 16.6. The molecule has 0 saturated heterocycles. The van der Waals surface area contributed by atoms with E-state index in [-0.39, 0.29) is 0 Å². The Balaban J connectivity index is 2.90. The molecule has 0 aliphatic rings. The summed E-state index contributed by atoms with van der Waals surface area (Å²) in [6, 6.07) is 6.61. The molecule has 1 rings (SSSR count). The SMILES string of the molecule is CCCC(C)N(C)Cc1cc(C#CCN)ccc1OC. The second kappa shape index (κ2) is 8.63. The van der Waals surface area contributed by atoms with Crippen molar-refractivity contribution >= 4 is 0 Å². The molecule has 1 aromatic carbocycles. The summed E-state index contributed by atoms with van der Waals surface area (Å²) in [5, 5.41) is 0. The van der Waals surface area contributed by atoms with Crippen molar-refractivity contribution in [1.29, 1.82) is 0 Å². The van der Waals surface area contributed by atoms with Crippen molar-refractivity contribution in [2.24, 2.45) is 5.73 Å². The largest absolute Gasteiger partial charge is 0.496 e. The van der Waals surface area contributed by atoms with Crippen LogP contribution in [0.4, 0.5) is 0 Å². The van der Waals surface area contributed by atoms with Gasteiger partial charge in [0.1, 0.15) is 5.75 Å². The number of nitrogens with two attached hydrogens (primary N) is 1. The van der Waals surface area contributed by atoms with Crippen molar-refractivity contribution in [2.75, 3.05) is 20.7 Å². The first-order valence-electron chi connectivity index (χ1n) is 7.18. The monoisotopic (exact) mass is 274 g/mol. The van der Waals surface area contributed by atoms with Crippen molar-refractivity contribution in [3.8, 4) is 17.6 Å². The lowest BCUT2D eigenvalue weighted by Crippen LogP contribution is -2.28. The van der Waals surface area contributed by atoms with E-state index in [9.17, 15) is 0 Å². The predicted molar refractivity (Wildman–Crippen MR) is 84.8 cm³/mol. The highest BCUT2D eigenvalue weighted by Crippen LogP contribution is 2.22. The van der Waals surface area contributed by atoms with Crippen molar-refractivity contribution in [3.05, 3.63) is 29.3 Å². The molecule has 0 aliphatic carbocycles. The van der Waals surface area contributed by atoms with Crippen LogP contribution >= 0.6 is 0 Å².